The lowest BCUT2D eigenvalue weighted by atomic mass is 9.87. The SMILES string of the molecule is CCC(Oc1ccc2c(c1)C(c1ccc(C)cc1)N(C(=O)C1CC1)CC2)C(=O)Nc1cccc(C)c1. The fourth-order valence-electron chi connectivity index (χ4n) is 5.01. The van der Waals surface area contributed by atoms with E-state index in [1.807, 2.05) is 50.2 Å². The van der Waals surface area contributed by atoms with E-state index < -0.39 is 6.10 Å². The second-order valence-electron chi connectivity index (χ2n) is 10.1. The van der Waals surface area contributed by atoms with Crippen molar-refractivity contribution in [3.05, 3.63) is 94.5 Å². The molecule has 0 aromatic heterocycles. The zero-order valence-electron chi connectivity index (χ0n) is 21.3. The third-order valence-corrected chi connectivity index (χ3v) is 7.18. The summed E-state index contributed by atoms with van der Waals surface area (Å²) in [6.07, 6.45) is 2.72. The predicted octanol–water partition coefficient (Wildman–Crippen LogP) is 5.98. The molecule has 2 amide bonds. The topological polar surface area (TPSA) is 58.6 Å². The average Bonchev–Trinajstić information content (AvgIpc) is 3.72. The third kappa shape index (κ3) is 5.15. The van der Waals surface area contributed by atoms with Crippen LogP contribution in [0.25, 0.3) is 0 Å². The van der Waals surface area contributed by atoms with Gasteiger partial charge >= 0.3 is 0 Å². The van der Waals surface area contributed by atoms with Gasteiger partial charge in [0.2, 0.25) is 5.91 Å². The highest BCUT2D eigenvalue weighted by Gasteiger charge is 2.39. The molecule has 1 aliphatic heterocycles. The van der Waals surface area contributed by atoms with E-state index in [-0.39, 0.29) is 23.8 Å². The molecule has 5 heteroatoms. The number of amides is 2. The van der Waals surface area contributed by atoms with E-state index in [1.54, 1.807) is 0 Å². The Morgan fingerprint density at radius 3 is 2.47 bits per heavy atom. The van der Waals surface area contributed by atoms with Crippen LogP contribution in [0.1, 0.15) is 60.0 Å². The van der Waals surface area contributed by atoms with E-state index in [4.69, 9.17) is 4.74 Å². The van der Waals surface area contributed by atoms with E-state index in [0.29, 0.717) is 12.2 Å². The number of ether oxygens (including phenoxy) is 1. The van der Waals surface area contributed by atoms with Crippen LogP contribution >= 0.6 is 0 Å². The van der Waals surface area contributed by atoms with Crippen LogP contribution in [-0.2, 0) is 16.0 Å². The molecule has 1 saturated carbocycles. The molecule has 0 radical (unpaired) electrons. The number of hydrogen-bond donors (Lipinski definition) is 1. The molecule has 186 valence electrons. The molecule has 36 heavy (non-hydrogen) atoms. The van der Waals surface area contributed by atoms with Gasteiger partial charge < -0.3 is 15.0 Å². The molecule has 1 aliphatic carbocycles. The molecule has 0 saturated heterocycles. The van der Waals surface area contributed by atoms with Crippen molar-refractivity contribution in [1.82, 2.24) is 4.90 Å². The molecular weight excluding hydrogens is 448 g/mol. The average molecular weight is 483 g/mol. The Kier molecular flexibility index (Phi) is 6.82. The van der Waals surface area contributed by atoms with Gasteiger partial charge in [-0.3, -0.25) is 9.59 Å². The van der Waals surface area contributed by atoms with Crippen LogP contribution < -0.4 is 10.1 Å². The van der Waals surface area contributed by atoms with Crippen molar-refractivity contribution < 1.29 is 14.3 Å². The maximum Gasteiger partial charge on any atom is 0.265 e. The highest BCUT2D eigenvalue weighted by molar-refractivity contribution is 5.94. The number of carbonyl (C=O) groups excluding carboxylic acids is 2. The van der Waals surface area contributed by atoms with Crippen molar-refractivity contribution in [2.24, 2.45) is 5.92 Å². The molecule has 1 heterocycles. The number of hydrogen-bond acceptors (Lipinski definition) is 3. The lowest BCUT2D eigenvalue weighted by molar-refractivity contribution is -0.134. The van der Waals surface area contributed by atoms with Crippen LogP contribution in [-0.4, -0.2) is 29.4 Å². The molecule has 3 aromatic rings. The quantitative estimate of drug-likeness (QED) is 0.450. The molecule has 1 fully saturated rings. The van der Waals surface area contributed by atoms with Gasteiger partial charge in [-0.15, -0.1) is 0 Å². The lowest BCUT2D eigenvalue weighted by Crippen LogP contribution is -2.41. The summed E-state index contributed by atoms with van der Waals surface area (Å²) < 4.78 is 6.24. The zero-order chi connectivity index (χ0) is 25.2. The zero-order valence-corrected chi connectivity index (χ0v) is 21.3. The molecule has 3 aromatic carbocycles. The van der Waals surface area contributed by atoms with Gasteiger partial charge in [0.05, 0.1) is 6.04 Å². The first kappa shape index (κ1) is 24.1. The van der Waals surface area contributed by atoms with Crippen molar-refractivity contribution in [2.45, 2.75) is 58.6 Å². The Morgan fingerprint density at radius 2 is 1.78 bits per heavy atom. The van der Waals surface area contributed by atoms with Gasteiger partial charge in [-0.25, -0.2) is 0 Å². The fraction of sp³-hybridized carbons (Fsp3) is 0.355. The summed E-state index contributed by atoms with van der Waals surface area (Å²) in [6, 6.07) is 22.1. The molecule has 2 atom stereocenters. The predicted molar refractivity (Wildman–Crippen MR) is 142 cm³/mol. The standard InChI is InChI=1S/C31H34N2O3/c1-4-28(30(34)32-25-7-5-6-21(3)18-25)36-26-15-14-22-16-17-33(31(35)24-12-13-24)29(27(22)19-26)23-10-8-20(2)9-11-23/h5-11,14-15,18-19,24,28-29H,4,12-13,16-17H2,1-3H3,(H,32,34). The minimum atomic E-state index is -0.617. The van der Waals surface area contributed by atoms with Crippen molar-refractivity contribution in [3.8, 4) is 5.75 Å². The van der Waals surface area contributed by atoms with Gasteiger partial charge in [-0.05, 0) is 86.1 Å². The van der Waals surface area contributed by atoms with Crippen LogP contribution in [0.3, 0.4) is 0 Å². The van der Waals surface area contributed by atoms with Crippen LogP contribution in [0.15, 0.2) is 66.7 Å². The van der Waals surface area contributed by atoms with Gasteiger partial charge in [0.15, 0.2) is 6.10 Å². The summed E-state index contributed by atoms with van der Waals surface area (Å²) in [5, 5.41) is 2.98. The van der Waals surface area contributed by atoms with Crippen LogP contribution in [0, 0.1) is 19.8 Å². The summed E-state index contributed by atoms with van der Waals surface area (Å²) >= 11 is 0. The molecule has 1 N–H and O–H groups in total. The summed E-state index contributed by atoms with van der Waals surface area (Å²) in [7, 11) is 0. The molecule has 0 spiro atoms. The number of benzene rings is 3. The maximum absolute atomic E-state index is 13.3. The number of aryl methyl sites for hydroxylation is 2. The Morgan fingerprint density at radius 1 is 1.00 bits per heavy atom. The van der Waals surface area contributed by atoms with Gasteiger partial charge in [-0.1, -0.05) is 55.0 Å². The van der Waals surface area contributed by atoms with Crippen LogP contribution in [0.2, 0.25) is 0 Å². The minimum Gasteiger partial charge on any atom is -0.481 e. The normalized spacial score (nSPS) is 17.8. The molecule has 2 unspecified atom stereocenters. The summed E-state index contributed by atoms with van der Waals surface area (Å²) in [5.41, 5.74) is 6.47. The van der Waals surface area contributed by atoms with E-state index in [9.17, 15) is 9.59 Å². The number of anilines is 1. The number of carbonyl (C=O) groups is 2. The highest BCUT2D eigenvalue weighted by atomic mass is 16.5. The first-order valence-electron chi connectivity index (χ1n) is 13.0. The minimum absolute atomic E-state index is 0.146. The van der Waals surface area contributed by atoms with Crippen LogP contribution in [0.5, 0.6) is 5.75 Å². The Balaban J connectivity index is 1.42. The van der Waals surface area contributed by atoms with Crippen molar-refractivity contribution in [1.29, 1.82) is 0 Å². The number of nitrogens with zero attached hydrogens (tertiary/aromatic N) is 1. The molecular formula is C31H34N2O3. The maximum atomic E-state index is 13.3. The van der Waals surface area contributed by atoms with E-state index in [0.717, 1.165) is 48.2 Å². The monoisotopic (exact) mass is 482 g/mol. The Hall–Kier alpha value is -3.60. The smallest absolute Gasteiger partial charge is 0.265 e. The molecule has 2 aliphatic rings. The van der Waals surface area contributed by atoms with Gasteiger partial charge in [0.25, 0.3) is 5.91 Å². The lowest BCUT2D eigenvalue weighted by Gasteiger charge is -2.38. The van der Waals surface area contributed by atoms with Crippen molar-refractivity contribution in [3.63, 3.8) is 0 Å². The first-order valence-corrected chi connectivity index (χ1v) is 13.0. The van der Waals surface area contributed by atoms with Gasteiger partial charge in [0.1, 0.15) is 5.75 Å². The third-order valence-electron chi connectivity index (χ3n) is 7.18. The summed E-state index contributed by atoms with van der Waals surface area (Å²) in [4.78, 5) is 28.3. The van der Waals surface area contributed by atoms with Crippen molar-refractivity contribution in [2.75, 3.05) is 11.9 Å². The molecule has 5 rings (SSSR count). The number of rotatable bonds is 7. The largest absolute Gasteiger partial charge is 0.481 e. The van der Waals surface area contributed by atoms with Gasteiger partial charge in [0, 0.05) is 18.2 Å². The summed E-state index contributed by atoms with van der Waals surface area (Å²) in [6.45, 7) is 6.74. The highest BCUT2D eigenvalue weighted by Crippen LogP contribution is 2.41. The fourth-order valence-corrected chi connectivity index (χ4v) is 5.01. The van der Waals surface area contributed by atoms with Gasteiger partial charge in [-0.2, -0.15) is 0 Å². The van der Waals surface area contributed by atoms with E-state index >= 15 is 0 Å². The molecule has 5 nitrogen and oxygen atoms in total. The Labute approximate surface area is 213 Å². The van der Waals surface area contributed by atoms with E-state index in [2.05, 4.69) is 47.5 Å². The van der Waals surface area contributed by atoms with Crippen molar-refractivity contribution >= 4 is 17.5 Å². The van der Waals surface area contributed by atoms with Crippen LogP contribution in [0.4, 0.5) is 5.69 Å². The van der Waals surface area contributed by atoms with E-state index in [1.165, 1.54) is 11.1 Å². The molecule has 0 bridgehead atoms. The summed E-state index contributed by atoms with van der Waals surface area (Å²) in [5.74, 6) is 0.898. The number of nitrogens with one attached hydrogen (secondary N) is 1. The Bertz CT molecular complexity index is 1260. The first-order chi connectivity index (χ1) is 17.4. The second-order valence-corrected chi connectivity index (χ2v) is 10.1. The second kappa shape index (κ2) is 10.2. The number of fused-ring (bicyclic) bond motifs is 1.